The van der Waals surface area contributed by atoms with Gasteiger partial charge in [0, 0.05) is 23.9 Å². The van der Waals surface area contributed by atoms with Crippen LogP contribution in [0.15, 0.2) is 36.4 Å². The molecule has 2 saturated carbocycles. The van der Waals surface area contributed by atoms with Crippen LogP contribution >= 0.6 is 23.2 Å². The van der Waals surface area contributed by atoms with Crippen LogP contribution in [0.1, 0.15) is 77.3 Å². The molecule has 2 aliphatic carbocycles. The van der Waals surface area contributed by atoms with Crippen LogP contribution in [0.5, 0.6) is 0 Å². The Balaban J connectivity index is 0.000000211. The summed E-state index contributed by atoms with van der Waals surface area (Å²) in [4.78, 5) is 23.2. The fraction of sp³-hybridized carbons (Fsp3) is 0.500. The first-order chi connectivity index (χ1) is 17.5. The van der Waals surface area contributed by atoms with Gasteiger partial charge in [0.25, 0.3) is 0 Å². The van der Waals surface area contributed by atoms with Gasteiger partial charge in [0.15, 0.2) is 0 Å². The van der Waals surface area contributed by atoms with E-state index in [-0.39, 0.29) is 34.0 Å². The van der Waals surface area contributed by atoms with Crippen molar-refractivity contribution < 1.29 is 27.8 Å². The van der Waals surface area contributed by atoms with Crippen molar-refractivity contribution in [2.45, 2.75) is 89.5 Å². The number of hydrogen-bond donors (Lipinski definition) is 2. The van der Waals surface area contributed by atoms with Gasteiger partial charge in [-0.3, -0.25) is 0 Å². The number of nitrogens with one attached hydrogen (secondary N) is 2. The maximum absolute atomic E-state index is 13.3. The van der Waals surface area contributed by atoms with E-state index in [0.29, 0.717) is 0 Å². The van der Waals surface area contributed by atoms with Crippen molar-refractivity contribution in [1.29, 1.82) is 0 Å². The minimum atomic E-state index is -0.513. The molecule has 38 heavy (non-hydrogen) atoms. The fourth-order valence-electron chi connectivity index (χ4n) is 3.85. The topological polar surface area (TPSA) is 76.7 Å². The lowest BCUT2D eigenvalue weighted by Crippen LogP contribution is -2.34. The summed E-state index contributed by atoms with van der Waals surface area (Å²) in [6.45, 7) is 10.9. The first kappa shape index (κ1) is 30.0. The predicted octanol–water partition coefficient (Wildman–Crippen LogP) is 7.72. The Hall–Kier alpha value is -2.58. The van der Waals surface area contributed by atoms with Gasteiger partial charge in [0.1, 0.15) is 22.8 Å². The summed E-state index contributed by atoms with van der Waals surface area (Å²) in [7, 11) is 0. The normalized spacial score (nSPS) is 21.9. The molecule has 2 amide bonds. The number of alkyl carbamates (subject to hydrolysis) is 2. The Morgan fingerprint density at radius 3 is 1.37 bits per heavy atom. The number of carbonyl (C=O) groups excluding carboxylic acids is 2. The van der Waals surface area contributed by atoms with Gasteiger partial charge in [0.05, 0.1) is 10.0 Å². The number of benzene rings is 2. The number of rotatable bonds is 4. The van der Waals surface area contributed by atoms with E-state index in [1.165, 1.54) is 24.3 Å². The molecule has 0 unspecified atom stereocenters. The van der Waals surface area contributed by atoms with E-state index in [9.17, 15) is 18.4 Å². The largest absolute Gasteiger partial charge is 0.444 e. The quantitative estimate of drug-likeness (QED) is 0.394. The molecule has 0 radical (unpaired) electrons. The van der Waals surface area contributed by atoms with Crippen molar-refractivity contribution in [1.82, 2.24) is 10.6 Å². The summed E-state index contributed by atoms with van der Waals surface area (Å²) >= 11 is 11.3. The number of carbonyl (C=O) groups is 2. The third-order valence-electron chi connectivity index (χ3n) is 5.73. The molecule has 10 heteroatoms. The van der Waals surface area contributed by atoms with E-state index in [4.69, 9.17) is 32.7 Å². The molecule has 6 nitrogen and oxygen atoms in total. The standard InChI is InChI=1S/2C14H17ClFNO2/c2*1-14(2,3)19-13(18)17-12-7-9(12)8-4-5-10(15)11(16)6-8/h2*4-6,9,12H,7H2,1-3H3,(H,17,18)/t2*9-,12+/m10/s1. The summed E-state index contributed by atoms with van der Waals surface area (Å²) in [5.74, 6) is -0.581. The highest BCUT2D eigenvalue weighted by atomic mass is 35.5. The second-order valence-corrected chi connectivity index (χ2v) is 12.4. The van der Waals surface area contributed by atoms with E-state index in [1.807, 2.05) is 41.5 Å². The van der Waals surface area contributed by atoms with Crippen molar-refractivity contribution in [3.05, 3.63) is 69.2 Å². The molecule has 0 heterocycles. The zero-order valence-electron chi connectivity index (χ0n) is 22.3. The molecular formula is C28H34Cl2F2N2O4. The molecule has 2 fully saturated rings. The zero-order chi connectivity index (χ0) is 28.4. The van der Waals surface area contributed by atoms with Gasteiger partial charge in [-0.15, -0.1) is 0 Å². The Bertz CT molecular complexity index is 1090. The lowest BCUT2D eigenvalue weighted by molar-refractivity contribution is 0.0511. The molecular weight excluding hydrogens is 537 g/mol. The van der Waals surface area contributed by atoms with Gasteiger partial charge in [0.2, 0.25) is 0 Å². The van der Waals surface area contributed by atoms with Crippen molar-refractivity contribution in [3.63, 3.8) is 0 Å². The summed E-state index contributed by atoms with van der Waals surface area (Å²) in [5, 5.41) is 5.78. The lowest BCUT2D eigenvalue weighted by Gasteiger charge is -2.19. The number of halogens is 4. The molecule has 4 rings (SSSR count). The Kier molecular flexibility index (Phi) is 9.20. The minimum absolute atomic E-state index is 0.00965. The fourth-order valence-corrected chi connectivity index (χ4v) is 4.08. The molecule has 2 aromatic rings. The van der Waals surface area contributed by atoms with Crippen LogP contribution in [0.3, 0.4) is 0 Å². The minimum Gasteiger partial charge on any atom is -0.444 e. The van der Waals surface area contributed by atoms with Crippen molar-refractivity contribution in [2.24, 2.45) is 0 Å². The molecule has 2 aromatic carbocycles. The van der Waals surface area contributed by atoms with Gasteiger partial charge < -0.3 is 20.1 Å². The van der Waals surface area contributed by atoms with E-state index >= 15 is 0 Å². The number of amides is 2. The molecule has 0 saturated heterocycles. The maximum Gasteiger partial charge on any atom is 0.407 e. The van der Waals surface area contributed by atoms with Crippen LogP contribution in [0.25, 0.3) is 0 Å². The molecule has 2 aliphatic rings. The zero-order valence-corrected chi connectivity index (χ0v) is 23.8. The predicted molar refractivity (Wildman–Crippen MR) is 144 cm³/mol. The molecule has 0 spiro atoms. The first-order valence-electron chi connectivity index (χ1n) is 12.4. The van der Waals surface area contributed by atoms with E-state index in [0.717, 1.165) is 24.0 Å². The maximum atomic E-state index is 13.3. The molecule has 0 aliphatic heterocycles. The van der Waals surface area contributed by atoms with Gasteiger partial charge in [-0.1, -0.05) is 35.3 Å². The Labute approximate surface area is 232 Å². The van der Waals surface area contributed by atoms with E-state index < -0.39 is 35.0 Å². The monoisotopic (exact) mass is 570 g/mol. The van der Waals surface area contributed by atoms with Crippen molar-refractivity contribution >= 4 is 35.4 Å². The van der Waals surface area contributed by atoms with Gasteiger partial charge in [-0.2, -0.15) is 0 Å². The van der Waals surface area contributed by atoms with Crippen molar-refractivity contribution in [2.75, 3.05) is 0 Å². The SMILES string of the molecule is CC(C)(C)OC(=O)N[C@@H]1C[C@H]1c1ccc(Cl)c(F)c1.CC(C)(C)OC(=O)N[C@H]1C[C@@H]1c1ccc(Cl)c(F)c1. The smallest absolute Gasteiger partial charge is 0.407 e. The summed E-state index contributed by atoms with van der Waals surface area (Å²) in [5.41, 5.74) is 0.674. The van der Waals surface area contributed by atoms with E-state index in [2.05, 4.69) is 10.6 Å². The van der Waals surface area contributed by atoms with Crippen LogP contribution in [0.2, 0.25) is 10.0 Å². The summed E-state index contributed by atoms with van der Waals surface area (Å²) in [6, 6.07) is 9.50. The lowest BCUT2D eigenvalue weighted by atomic mass is 10.1. The average Bonchev–Trinajstić information content (AvgIpc) is 3.67. The molecule has 0 bridgehead atoms. The van der Waals surface area contributed by atoms with Crippen LogP contribution in [-0.4, -0.2) is 35.5 Å². The first-order valence-corrected chi connectivity index (χ1v) is 13.2. The summed E-state index contributed by atoms with van der Waals surface area (Å²) < 4.78 is 37.0. The van der Waals surface area contributed by atoms with Crippen LogP contribution < -0.4 is 10.6 Å². The van der Waals surface area contributed by atoms with Crippen LogP contribution in [-0.2, 0) is 9.47 Å². The number of hydrogen-bond acceptors (Lipinski definition) is 4. The molecule has 208 valence electrons. The second kappa shape index (κ2) is 11.7. The Morgan fingerprint density at radius 1 is 0.737 bits per heavy atom. The highest BCUT2D eigenvalue weighted by Crippen LogP contribution is 2.42. The average molecular weight is 571 g/mol. The van der Waals surface area contributed by atoms with Crippen molar-refractivity contribution in [3.8, 4) is 0 Å². The summed E-state index contributed by atoms with van der Waals surface area (Å²) in [6.07, 6.45) is 0.713. The van der Waals surface area contributed by atoms with E-state index in [1.54, 1.807) is 12.1 Å². The molecule has 0 aromatic heterocycles. The molecule has 2 N–H and O–H groups in total. The second-order valence-electron chi connectivity index (χ2n) is 11.5. The van der Waals surface area contributed by atoms with Gasteiger partial charge in [-0.05, 0) is 89.8 Å². The highest BCUT2D eigenvalue weighted by molar-refractivity contribution is 6.31. The number of ether oxygens (including phenoxy) is 2. The van der Waals surface area contributed by atoms with Crippen LogP contribution in [0, 0.1) is 11.6 Å². The highest BCUT2D eigenvalue weighted by Gasteiger charge is 2.41. The van der Waals surface area contributed by atoms with Crippen LogP contribution in [0.4, 0.5) is 18.4 Å². The van der Waals surface area contributed by atoms with Gasteiger partial charge in [-0.25, -0.2) is 18.4 Å². The molecule has 4 atom stereocenters. The third-order valence-corrected chi connectivity index (χ3v) is 6.34. The third kappa shape index (κ3) is 9.31. The van der Waals surface area contributed by atoms with Gasteiger partial charge >= 0.3 is 12.2 Å². The Morgan fingerprint density at radius 2 is 1.08 bits per heavy atom.